The van der Waals surface area contributed by atoms with Gasteiger partial charge in [0, 0.05) is 18.1 Å². The van der Waals surface area contributed by atoms with Crippen LogP contribution in [0.1, 0.15) is 35.6 Å². The van der Waals surface area contributed by atoms with Crippen LogP contribution < -0.4 is 4.74 Å². The van der Waals surface area contributed by atoms with Crippen molar-refractivity contribution in [3.05, 3.63) is 108 Å². The fraction of sp³-hybridized carbons (Fsp3) is 0.241. The summed E-state index contributed by atoms with van der Waals surface area (Å²) in [5, 5.41) is 10.7. The summed E-state index contributed by atoms with van der Waals surface area (Å²) >= 11 is 0. The van der Waals surface area contributed by atoms with Gasteiger partial charge in [0.2, 0.25) is 0 Å². The Kier molecular flexibility index (Phi) is 6.54. The first kappa shape index (κ1) is 22.1. The van der Waals surface area contributed by atoms with E-state index in [1.165, 1.54) is 0 Å². The van der Waals surface area contributed by atoms with Crippen molar-refractivity contribution in [2.24, 2.45) is 5.92 Å². The lowest BCUT2D eigenvalue weighted by atomic mass is 9.91. The number of aromatic nitrogens is 1. The first-order valence-electron chi connectivity index (χ1n) is 11.8. The Balaban J connectivity index is 1.44. The lowest BCUT2D eigenvalue weighted by molar-refractivity contribution is -0.143. The van der Waals surface area contributed by atoms with Gasteiger partial charge in [0.25, 0.3) is 0 Å². The molecule has 5 nitrogen and oxygen atoms in total. The predicted molar refractivity (Wildman–Crippen MR) is 133 cm³/mol. The molecule has 2 heterocycles. The molecular formula is C29H28N2O3. The first-order valence-corrected chi connectivity index (χ1v) is 11.8. The van der Waals surface area contributed by atoms with Crippen molar-refractivity contribution in [3.8, 4) is 5.75 Å². The number of likely N-dealkylation sites (tertiary alicyclic amines) is 1. The Hall–Kier alpha value is -3.70. The topological polar surface area (TPSA) is 62.7 Å². The maximum absolute atomic E-state index is 11.7. The van der Waals surface area contributed by atoms with Gasteiger partial charge >= 0.3 is 5.97 Å². The molecule has 0 spiro atoms. The van der Waals surface area contributed by atoms with E-state index in [1.54, 1.807) is 0 Å². The third-order valence-electron chi connectivity index (χ3n) is 6.54. The Labute approximate surface area is 199 Å². The first-order chi connectivity index (χ1) is 16.7. The average Bonchev–Trinajstić information content (AvgIpc) is 2.89. The molecule has 34 heavy (non-hydrogen) atoms. The van der Waals surface area contributed by atoms with Crippen LogP contribution in [-0.2, 0) is 11.4 Å². The highest BCUT2D eigenvalue weighted by atomic mass is 16.5. The minimum Gasteiger partial charge on any atom is -0.489 e. The van der Waals surface area contributed by atoms with Gasteiger partial charge in [-0.3, -0.25) is 14.7 Å². The molecule has 1 aliphatic rings. The molecule has 0 amide bonds. The zero-order valence-corrected chi connectivity index (χ0v) is 19.0. The number of hydrogen-bond donors (Lipinski definition) is 1. The van der Waals surface area contributed by atoms with E-state index in [4.69, 9.17) is 4.74 Å². The summed E-state index contributed by atoms with van der Waals surface area (Å²) in [6, 6.07) is 28.5. The largest absolute Gasteiger partial charge is 0.489 e. The third kappa shape index (κ3) is 4.95. The number of rotatable bonds is 7. The molecule has 1 aromatic heterocycles. The van der Waals surface area contributed by atoms with Gasteiger partial charge in [0.05, 0.1) is 17.5 Å². The number of piperidine rings is 1. The summed E-state index contributed by atoms with van der Waals surface area (Å²) in [4.78, 5) is 18.7. The highest BCUT2D eigenvalue weighted by Crippen LogP contribution is 2.34. The summed E-state index contributed by atoms with van der Waals surface area (Å²) in [7, 11) is 0. The van der Waals surface area contributed by atoms with E-state index >= 15 is 0 Å². The molecule has 5 heteroatoms. The van der Waals surface area contributed by atoms with Crippen LogP contribution in [0.15, 0.2) is 91.1 Å². The van der Waals surface area contributed by atoms with Gasteiger partial charge in [0.15, 0.2) is 0 Å². The van der Waals surface area contributed by atoms with E-state index in [2.05, 4.69) is 34.1 Å². The van der Waals surface area contributed by atoms with Crippen LogP contribution in [0, 0.1) is 5.92 Å². The van der Waals surface area contributed by atoms with Crippen LogP contribution in [-0.4, -0.2) is 34.0 Å². The smallest absolute Gasteiger partial charge is 0.307 e. The molecule has 1 N–H and O–H groups in total. The maximum atomic E-state index is 11.7. The van der Waals surface area contributed by atoms with Gasteiger partial charge < -0.3 is 9.84 Å². The Bertz CT molecular complexity index is 1260. The molecule has 0 aliphatic carbocycles. The van der Waals surface area contributed by atoms with Crippen molar-refractivity contribution in [1.82, 2.24) is 9.88 Å². The summed E-state index contributed by atoms with van der Waals surface area (Å²) < 4.78 is 5.98. The summed E-state index contributed by atoms with van der Waals surface area (Å²) in [6.07, 6.45) is 3.52. The molecule has 2 unspecified atom stereocenters. The SMILES string of the molecule is O=C(O)C1CCCN(C(c2ccc(OCc3ccccc3)cc2)c2cnc3ccccc3c2)C1. The lowest BCUT2D eigenvalue weighted by Gasteiger charge is -2.37. The van der Waals surface area contributed by atoms with Crippen molar-refractivity contribution in [2.75, 3.05) is 13.1 Å². The summed E-state index contributed by atoms with van der Waals surface area (Å²) in [5.41, 5.74) is 4.26. The van der Waals surface area contributed by atoms with Crippen molar-refractivity contribution < 1.29 is 14.6 Å². The van der Waals surface area contributed by atoms with E-state index in [1.807, 2.05) is 66.9 Å². The molecule has 1 saturated heterocycles. The summed E-state index contributed by atoms with van der Waals surface area (Å²) in [6.45, 7) is 1.90. The molecule has 172 valence electrons. The molecule has 0 radical (unpaired) electrons. The lowest BCUT2D eigenvalue weighted by Crippen LogP contribution is -2.41. The number of para-hydroxylation sites is 1. The molecule has 1 fully saturated rings. The molecule has 3 aromatic carbocycles. The number of carboxylic acids is 1. The second kappa shape index (κ2) is 10.1. The van der Waals surface area contributed by atoms with Crippen molar-refractivity contribution in [3.63, 3.8) is 0 Å². The van der Waals surface area contributed by atoms with Gasteiger partial charge in [-0.2, -0.15) is 0 Å². The van der Waals surface area contributed by atoms with Gasteiger partial charge in [-0.05, 0) is 60.3 Å². The molecule has 5 rings (SSSR count). The van der Waals surface area contributed by atoms with Gasteiger partial charge in [-0.1, -0.05) is 60.7 Å². The standard InChI is InChI=1S/C29H28N2O3/c32-29(33)24-10-6-16-31(19-24)28(25-17-23-9-4-5-11-27(23)30-18-25)22-12-14-26(15-13-22)34-20-21-7-2-1-3-8-21/h1-5,7-9,11-15,17-18,24,28H,6,10,16,19-20H2,(H,32,33). The van der Waals surface area contributed by atoms with E-state index < -0.39 is 5.97 Å². The molecule has 4 aromatic rings. The van der Waals surface area contributed by atoms with Crippen LogP contribution in [0.4, 0.5) is 0 Å². The fourth-order valence-electron chi connectivity index (χ4n) is 4.78. The Morgan fingerprint density at radius 1 is 1.00 bits per heavy atom. The van der Waals surface area contributed by atoms with E-state index in [0.29, 0.717) is 13.2 Å². The normalized spacial score (nSPS) is 17.4. The van der Waals surface area contributed by atoms with Crippen LogP contribution in [0.3, 0.4) is 0 Å². The Morgan fingerprint density at radius 2 is 1.76 bits per heavy atom. The number of nitrogens with zero attached hydrogens (tertiary/aromatic N) is 2. The molecule has 0 bridgehead atoms. The second-order valence-corrected chi connectivity index (χ2v) is 8.88. The zero-order valence-electron chi connectivity index (χ0n) is 19.0. The van der Waals surface area contributed by atoms with Crippen LogP contribution in [0.2, 0.25) is 0 Å². The van der Waals surface area contributed by atoms with Crippen molar-refractivity contribution >= 4 is 16.9 Å². The van der Waals surface area contributed by atoms with Gasteiger partial charge in [-0.25, -0.2) is 0 Å². The highest BCUT2D eigenvalue weighted by molar-refractivity contribution is 5.79. The zero-order chi connectivity index (χ0) is 23.3. The minimum atomic E-state index is -0.718. The van der Waals surface area contributed by atoms with Crippen LogP contribution in [0.25, 0.3) is 10.9 Å². The molecule has 0 saturated carbocycles. The second-order valence-electron chi connectivity index (χ2n) is 8.88. The van der Waals surface area contributed by atoms with Crippen LogP contribution >= 0.6 is 0 Å². The number of pyridine rings is 1. The van der Waals surface area contributed by atoms with E-state index in [0.717, 1.165) is 52.7 Å². The van der Waals surface area contributed by atoms with Crippen molar-refractivity contribution in [1.29, 1.82) is 0 Å². The fourth-order valence-corrected chi connectivity index (χ4v) is 4.78. The number of fused-ring (bicyclic) bond motifs is 1. The number of carboxylic acid groups (broad SMARTS) is 1. The van der Waals surface area contributed by atoms with Crippen LogP contribution in [0.5, 0.6) is 5.75 Å². The van der Waals surface area contributed by atoms with E-state index in [9.17, 15) is 9.90 Å². The van der Waals surface area contributed by atoms with Gasteiger partial charge in [-0.15, -0.1) is 0 Å². The maximum Gasteiger partial charge on any atom is 0.307 e. The van der Waals surface area contributed by atoms with E-state index in [-0.39, 0.29) is 12.0 Å². The number of aliphatic carboxylic acids is 1. The number of benzene rings is 3. The predicted octanol–water partition coefficient (Wildman–Crippen LogP) is 5.70. The third-order valence-corrected chi connectivity index (χ3v) is 6.54. The monoisotopic (exact) mass is 452 g/mol. The van der Waals surface area contributed by atoms with Gasteiger partial charge in [0.1, 0.15) is 12.4 Å². The number of carbonyl (C=O) groups is 1. The molecule has 2 atom stereocenters. The average molecular weight is 453 g/mol. The quantitative estimate of drug-likeness (QED) is 0.390. The van der Waals surface area contributed by atoms with Crippen molar-refractivity contribution in [2.45, 2.75) is 25.5 Å². The molecule has 1 aliphatic heterocycles. The minimum absolute atomic E-state index is 0.0672. The summed E-state index contributed by atoms with van der Waals surface area (Å²) in [5.74, 6) is -0.257. The highest BCUT2D eigenvalue weighted by Gasteiger charge is 2.31. The molecular weight excluding hydrogens is 424 g/mol. The number of ether oxygens (including phenoxy) is 1. The number of hydrogen-bond acceptors (Lipinski definition) is 4. The Morgan fingerprint density at radius 3 is 2.56 bits per heavy atom.